The van der Waals surface area contributed by atoms with E-state index in [1.807, 2.05) is 57.1 Å². The van der Waals surface area contributed by atoms with Gasteiger partial charge in [-0.3, -0.25) is 9.59 Å². The molecule has 2 rings (SSSR count). The minimum Gasteiger partial charge on any atom is -0.376 e. The van der Waals surface area contributed by atoms with Crippen molar-refractivity contribution in [3.05, 3.63) is 59.1 Å². The molecule has 0 aliphatic rings. The van der Waals surface area contributed by atoms with E-state index in [4.69, 9.17) is 11.6 Å². The fraction of sp³-hybridized carbons (Fsp3) is 0.300. The summed E-state index contributed by atoms with van der Waals surface area (Å²) >= 11 is 6.08. The Bertz CT molecular complexity index is 790. The molecule has 2 amide bonds. The zero-order valence-corrected chi connectivity index (χ0v) is 16.2. The highest BCUT2D eigenvalue weighted by atomic mass is 35.5. The maximum Gasteiger partial charge on any atom is 0.253 e. The third-order valence-electron chi connectivity index (χ3n) is 4.00. The molecule has 5 nitrogen and oxygen atoms in total. The van der Waals surface area contributed by atoms with E-state index in [1.165, 1.54) is 0 Å². The topological polar surface area (TPSA) is 61.4 Å². The van der Waals surface area contributed by atoms with Crippen LogP contribution >= 0.6 is 11.6 Å². The number of carbonyl (C=O) groups is 2. The second-order valence-electron chi connectivity index (χ2n) is 6.58. The van der Waals surface area contributed by atoms with Crippen LogP contribution in [0.25, 0.3) is 0 Å². The van der Waals surface area contributed by atoms with Gasteiger partial charge in [-0.1, -0.05) is 49.7 Å². The number of hydrogen-bond acceptors (Lipinski definition) is 3. The smallest absolute Gasteiger partial charge is 0.253 e. The fourth-order valence-electron chi connectivity index (χ4n) is 2.58. The summed E-state index contributed by atoms with van der Waals surface area (Å²) < 4.78 is 0. The van der Waals surface area contributed by atoms with Gasteiger partial charge in [0, 0.05) is 14.1 Å². The summed E-state index contributed by atoms with van der Waals surface area (Å²) in [5.74, 6) is -0.729. The van der Waals surface area contributed by atoms with Crippen LogP contribution in [0.3, 0.4) is 0 Å². The summed E-state index contributed by atoms with van der Waals surface area (Å²) in [4.78, 5) is 27.3. The van der Waals surface area contributed by atoms with Gasteiger partial charge in [-0.2, -0.15) is 0 Å². The molecule has 0 fully saturated rings. The first kappa shape index (κ1) is 19.8. The lowest BCUT2D eigenvalue weighted by Crippen LogP contribution is -2.47. The van der Waals surface area contributed by atoms with Crippen molar-refractivity contribution >= 4 is 34.8 Å². The van der Waals surface area contributed by atoms with E-state index in [-0.39, 0.29) is 17.7 Å². The molecule has 0 bridgehead atoms. The fourth-order valence-corrected chi connectivity index (χ4v) is 2.80. The molecule has 0 saturated heterocycles. The lowest BCUT2D eigenvalue weighted by atomic mass is 10.0. The third kappa shape index (κ3) is 4.76. The maximum atomic E-state index is 12.8. The van der Waals surface area contributed by atoms with E-state index in [1.54, 1.807) is 24.3 Å². The van der Waals surface area contributed by atoms with Crippen LogP contribution in [0.15, 0.2) is 48.5 Å². The summed E-state index contributed by atoms with van der Waals surface area (Å²) in [6, 6.07) is 13.6. The molecule has 0 heterocycles. The van der Waals surface area contributed by atoms with Gasteiger partial charge in [0.05, 0.1) is 22.0 Å². The van der Waals surface area contributed by atoms with Crippen molar-refractivity contribution in [1.82, 2.24) is 5.32 Å². The lowest BCUT2D eigenvalue weighted by molar-refractivity contribution is -0.118. The first-order chi connectivity index (χ1) is 12.3. The number of anilines is 2. The van der Waals surface area contributed by atoms with E-state index in [9.17, 15) is 9.59 Å². The Hall–Kier alpha value is -2.53. The summed E-state index contributed by atoms with van der Waals surface area (Å²) in [5, 5.41) is 6.06. The third-order valence-corrected chi connectivity index (χ3v) is 4.33. The van der Waals surface area contributed by atoms with E-state index < -0.39 is 6.04 Å². The molecule has 0 radical (unpaired) electrons. The van der Waals surface area contributed by atoms with E-state index in [0.717, 1.165) is 5.69 Å². The monoisotopic (exact) mass is 373 g/mol. The molecule has 6 heteroatoms. The van der Waals surface area contributed by atoms with Gasteiger partial charge in [-0.05, 0) is 30.2 Å². The van der Waals surface area contributed by atoms with E-state index >= 15 is 0 Å². The summed E-state index contributed by atoms with van der Waals surface area (Å²) in [5.41, 5.74) is 1.93. The number of nitrogens with zero attached hydrogens (tertiary/aromatic N) is 1. The molecule has 0 aliphatic heterocycles. The highest BCUT2D eigenvalue weighted by Crippen LogP contribution is 2.24. The van der Waals surface area contributed by atoms with Gasteiger partial charge < -0.3 is 15.5 Å². The Kier molecular flexibility index (Phi) is 6.64. The van der Waals surface area contributed by atoms with Gasteiger partial charge in [0.25, 0.3) is 5.91 Å². The Balaban J connectivity index is 2.18. The molecule has 0 aliphatic carbocycles. The number of rotatable bonds is 6. The standard InChI is InChI=1S/C20H24ClN3O2/c1-13(2)18(23-19(25)14-9-5-6-10-15(14)21)20(26)22-16-11-7-8-12-17(16)24(3)4/h5-13,18H,1-4H3,(H,22,26)(H,23,25). The van der Waals surface area contributed by atoms with Crippen LogP contribution in [0, 0.1) is 5.92 Å². The quantitative estimate of drug-likeness (QED) is 0.809. The molecule has 1 unspecified atom stereocenters. The molecular weight excluding hydrogens is 350 g/mol. The molecule has 26 heavy (non-hydrogen) atoms. The van der Waals surface area contributed by atoms with Gasteiger partial charge >= 0.3 is 0 Å². The molecular formula is C20H24ClN3O2. The average molecular weight is 374 g/mol. The first-order valence-electron chi connectivity index (χ1n) is 8.44. The van der Waals surface area contributed by atoms with Crippen LogP contribution in [0.1, 0.15) is 24.2 Å². The lowest BCUT2D eigenvalue weighted by Gasteiger charge is -2.24. The van der Waals surface area contributed by atoms with E-state index in [2.05, 4.69) is 10.6 Å². The summed E-state index contributed by atoms with van der Waals surface area (Å²) in [7, 11) is 3.81. The Morgan fingerprint density at radius 1 is 1.00 bits per heavy atom. The van der Waals surface area contributed by atoms with Crippen molar-refractivity contribution in [3.63, 3.8) is 0 Å². The number of hydrogen-bond donors (Lipinski definition) is 2. The number of nitrogens with one attached hydrogen (secondary N) is 2. The molecule has 2 aromatic carbocycles. The van der Waals surface area contributed by atoms with Crippen LogP contribution in [0.2, 0.25) is 5.02 Å². The SMILES string of the molecule is CC(C)C(NC(=O)c1ccccc1Cl)C(=O)Nc1ccccc1N(C)C. The Morgan fingerprint density at radius 3 is 2.23 bits per heavy atom. The minimum absolute atomic E-state index is 0.0899. The largest absolute Gasteiger partial charge is 0.376 e. The van der Waals surface area contributed by atoms with Crippen molar-refractivity contribution in [2.45, 2.75) is 19.9 Å². The highest BCUT2D eigenvalue weighted by molar-refractivity contribution is 6.33. The first-order valence-corrected chi connectivity index (χ1v) is 8.81. The summed E-state index contributed by atoms with van der Waals surface area (Å²) in [6.45, 7) is 3.77. The van der Waals surface area contributed by atoms with Gasteiger partial charge in [0.1, 0.15) is 6.04 Å². The van der Waals surface area contributed by atoms with Crippen molar-refractivity contribution in [2.75, 3.05) is 24.3 Å². The van der Waals surface area contributed by atoms with Crippen molar-refractivity contribution in [2.24, 2.45) is 5.92 Å². The second-order valence-corrected chi connectivity index (χ2v) is 6.98. The second kappa shape index (κ2) is 8.72. The van der Waals surface area contributed by atoms with Crippen LogP contribution in [-0.4, -0.2) is 32.0 Å². The van der Waals surface area contributed by atoms with Crippen molar-refractivity contribution < 1.29 is 9.59 Å². The normalized spacial score (nSPS) is 11.8. The maximum absolute atomic E-state index is 12.8. The number of para-hydroxylation sites is 2. The highest BCUT2D eigenvalue weighted by Gasteiger charge is 2.26. The molecule has 1 atom stereocenters. The molecule has 0 aromatic heterocycles. The molecule has 0 spiro atoms. The predicted octanol–water partition coefficient (Wildman–Crippen LogP) is 3.80. The predicted molar refractivity (Wildman–Crippen MR) is 107 cm³/mol. The number of benzene rings is 2. The van der Waals surface area contributed by atoms with Crippen molar-refractivity contribution in [1.29, 1.82) is 0 Å². The van der Waals surface area contributed by atoms with Gasteiger partial charge in [0.15, 0.2) is 0 Å². The van der Waals surface area contributed by atoms with Crippen molar-refractivity contribution in [3.8, 4) is 0 Å². The minimum atomic E-state index is -0.686. The van der Waals surface area contributed by atoms with E-state index in [0.29, 0.717) is 16.3 Å². The van der Waals surface area contributed by atoms with Gasteiger partial charge in [-0.15, -0.1) is 0 Å². The van der Waals surface area contributed by atoms with Crippen LogP contribution < -0.4 is 15.5 Å². The summed E-state index contributed by atoms with van der Waals surface area (Å²) in [6.07, 6.45) is 0. The van der Waals surface area contributed by atoms with Crippen LogP contribution in [-0.2, 0) is 4.79 Å². The van der Waals surface area contributed by atoms with Crippen LogP contribution in [0.5, 0.6) is 0 Å². The Morgan fingerprint density at radius 2 is 1.62 bits per heavy atom. The number of halogens is 1. The molecule has 2 aromatic rings. The zero-order chi connectivity index (χ0) is 19.3. The molecule has 0 saturated carbocycles. The Labute approximate surface area is 159 Å². The van der Waals surface area contributed by atoms with Gasteiger partial charge in [0.2, 0.25) is 5.91 Å². The number of carbonyl (C=O) groups excluding carboxylic acids is 2. The zero-order valence-electron chi connectivity index (χ0n) is 15.4. The van der Waals surface area contributed by atoms with Crippen LogP contribution in [0.4, 0.5) is 11.4 Å². The van der Waals surface area contributed by atoms with Gasteiger partial charge in [-0.25, -0.2) is 0 Å². The molecule has 2 N–H and O–H groups in total. The average Bonchev–Trinajstić information content (AvgIpc) is 2.59. The molecule has 138 valence electrons. The number of amides is 2.